The average Bonchev–Trinajstić information content (AvgIpc) is 3.70. The van der Waals surface area contributed by atoms with E-state index in [1.165, 1.54) is 0 Å². The number of amides is 2. The van der Waals surface area contributed by atoms with Gasteiger partial charge in [0.25, 0.3) is 0 Å². The van der Waals surface area contributed by atoms with Crippen molar-refractivity contribution >= 4 is 39.6 Å². The van der Waals surface area contributed by atoms with Gasteiger partial charge in [-0.2, -0.15) is 5.10 Å². The van der Waals surface area contributed by atoms with Crippen LogP contribution in [0.5, 0.6) is 5.75 Å². The zero-order valence-electron chi connectivity index (χ0n) is 25.4. The molecule has 0 spiro atoms. The molecule has 0 aliphatic carbocycles. The van der Waals surface area contributed by atoms with Crippen molar-refractivity contribution in [2.24, 2.45) is 0 Å². The molecule has 2 aromatic carbocycles. The first-order valence-corrected chi connectivity index (χ1v) is 15.6. The molecule has 1 aliphatic heterocycles. The van der Waals surface area contributed by atoms with Crippen LogP contribution >= 0.6 is 11.3 Å². The molecule has 3 aromatic heterocycles. The lowest BCUT2D eigenvalue weighted by Gasteiger charge is -2.31. The fourth-order valence-corrected chi connectivity index (χ4v) is 5.81. The number of carbonyl (C=O) groups excluding carboxylic acids is 1. The number of nitrogens with zero attached hydrogens (tertiary/aromatic N) is 5. The smallest absolute Gasteiger partial charge is 0.324 e. The summed E-state index contributed by atoms with van der Waals surface area (Å²) < 4.78 is 13.9. The van der Waals surface area contributed by atoms with Crippen molar-refractivity contribution in [2.45, 2.75) is 39.2 Å². The van der Waals surface area contributed by atoms with Crippen LogP contribution < -0.4 is 15.4 Å². The lowest BCUT2D eigenvalue weighted by molar-refractivity contribution is -0.0329. The number of thiazole rings is 1. The maximum atomic E-state index is 13.3. The molecule has 0 radical (unpaired) electrons. The van der Waals surface area contributed by atoms with Crippen molar-refractivity contribution in [2.75, 3.05) is 43.5 Å². The Bertz CT molecular complexity index is 1730. The van der Waals surface area contributed by atoms with Crippen molar-refractivity contribution in [3.63, 3.8) is 0 Å². The molecule has 0 saturated carbocycles. The van der Waals surface area contributed by atoms with E-state index in [-0.39, 0.29) is 17.6 Å². The van der Waals surface area contributed by atoms with E-state index in [4.69, 9.17) is 14.6 Å². The van der Waals surface area contributed by atoms with E-state index in [0.29, 0.717) is 24.7 Å². The van der Waals surface area contributed by atoms with E-state index in [9.17, 15) is 4.79 Å². The predicted molar refractivity (Wildman–Crippen MR) is 174 cm³/mol. The quantitative estimate of drug-likeness (QED) is 0.204. The largest absolute Gasteiger partial charge is 0.492 e. The van der Waals surface area contributed by atoms with Crippen molar-refractivity contribution in [1.29, 1.82) is 0 Å². The number of urea groups is 1. The molecule has 1 atom stereocenters. The number of anilines is 2. The number of hydrogen-bond donors (Lipinski definition) is 2. The normalized spacial score (nSPS) is 15.8. The number of benzene rings is 2. The Balaban J connectivity index is 1.14. The number of hydrogen-bond acceptors (Lipinski definition) is 8. The number of pyridine rings is 1. The van der Waals surface area contributed by atoms with Crippen molar-refractivity contribution in [3.8, 4) is 11.4 Å². The Morgan fingerprint density at radius 2 is 1.93 bits per heavy atom. The van der Waals surface area contributed by atoms with Crippen LogP contribution in [0.2, 0.25) is 0 Å². The van der Waals surface area contributed by atoms with Gasteiger partial charge in [0, 0.05) is 59.2 Å². The molecule has 4 heterocycles. The molecule has 6 rings (SSSR count). The number of rotatable bonds is 8. The Morgan fingerprint density at radius 1 is 1.09 bits per heavy atom. The van der Waals surface area contributed by atoms with E-state index >= 15 is 0 Å². The Kier molecular flexibility index (Phi) is 8.60. The van der Waals surface area contributed by atoms with Gasteiger partial charge in [-0.25, -0.2) is 14.5 Å². The maximum Gasteiger partial charge on any atom is 0.324 e. The summed E-state index contributed by atoms with van der Waals surface area (Å²) in [6, 6.07) is 17.1. The Hall–Kier alpha value is -4.32. The Morgan fingerprint density at radius 3 is 2.68 bits per heavy atom. The van der Waals surface area contributed by atoms with E-state index in [1.807, 2.05) is 73.1 Å². The number of ether oxygens (including phenoxy) is 2. The van der Waals surface area contributed by atoms with Crippen molar-refractivity contribution < 1.29 is 14.3 Å². The molecule has 11 heteroatoms. The molecule has 1 fully saturated rings. The molecule has 5 aromatic rings. The monoisotopic (exact) mass is 611 g/mol. The van der Waals surface area contributed by atoms with Gasteiger partial charge in [-0.1, -0.05) is 45.0 Å². The SMILES string of the molecule is Cc1ccc(-n2nc(C(C)(C)C)cc2NC(=O)Nc2ccc(OCCN3CCOC(c4nccs4)C3)c3ccccc23)cn1. The van der Waals surface area contributed by atoms with Crippen LogP contribution in [-0.4, -0.2) is 63.5 Å². The summed E-state index contributed by atoms with van der Waals surface area (Å²) in [5, 5.41) is 15.6. The molecule has 228 valence electrons. The third-order valence-electron chi connectivity index (χ3n) is 7.53. The number of morpholine rings is 1. The molecule has 10 nitrogen and oxygen atoms in total. The zero-order valence-corrected chi connectivity index (χ0v) is 26.2. The van der Waals surface area contributed by atoms with E-state index in [0.717, 1.165) is 58.2 Å². The molecule has 2 amide bonds. The fraction of sp³-hybridized carbons (Fsp3) is 0.333. The van der Waals surface area contributed by atoms with Crippen LogP contribution in [0.4, 0.5) is 16.3 Å². The second-order valence-corrected chi connectivity index (χ2v) is 12.8. The summed E-state index contributed by atoms with van der Waals surface area (Å²) >= 11 is 1.63. The summed E-state index contributed by atoms with van der Waals surface area (Å²) in [7, 11) is 0. The van der Waals surface area contributed by atoms with Crippen LogP contribution in [-0.2, 0) is 10.2 Å². The summed E-state index contributed by atoms with van der Waals surface area (Å²) in [5.74, 6) is 1.33. The standard InChI is InChI=1S/C33H37N7O3S/c1-22-9-10-23(20-35-22)40-30(19-29(38-40)33(2,3)4)37-32(41)36-26-11-12-27(25-8-6-5-7-24(25)26)42-16-14-39-15-17-43-28(21-39)31-34-13-18-44-31/h5-13,18-20,28H,14-17,21H2,1-4H3,(H2,36,37,41). The highest BCUT2D eigenvalue weighted by Crippen LogP contribution is 2.32. The third kappa shape index (κ3) is 6.75. The molecule has 1 unspecified atom stereocenters. The minimum Gasteiger partial charge on any atom is -0.492 e. The summed E-state index contributed by atoms with van der Waals surface area (Å²) in [4.78, 5) is 24.5. The minimum atomic E-state index is -0.368. The molecule has 0 bridgehead atoms. The average molecular weight is 612 g/mol. The van der Waals surface area contributed by atoms with Gasteiger partial charge in [0.1, 0.15) is 29.3 Å². The van der Waals surface area contributed by atoms with E-state index < -0.39 is 0 Å². The number of fused-ring (bicyclic) bond motifs is 1. The zero-order chi connectivity index (χ0) is 30.7. The molecule has 1 saturated heterocycles. The molecular formula is C33H37N7O3S. The highest BCUT2D eigenvalue weighted by Gasteiger charge is 2.24. The summed E-state index contributed by atoms with van der Waals surface area (Å²) in [6.45, 7) is 11.9. The van der Waals surface area contributed by atoms with Gasteiger partial charge in [0.2, 0.25) is 0 Å². The topological polar surface area (TPSA) is 106 Å². The molecule has 2 N–H and O–H groups in total. The lowest BCUT2D eigenvalue weighted by Crippen LogP contribution is -2.40. The second-order valence-electron chi connectivity index (χ2n) is 11.8. The van der Waals surface area contributed by atoms with Gasteiger partial charge < -0.3 is 14.8 Å². The van der Waals surface area contributed by atoms with E-state index in [1.54, 1.807) is 22.2 Å². The molecular weight excluding hydrogens is 574 g/mol. The van der Waals surface area contributed by atoms with Crippen LogP contribution in [0.1, 0.15) is 43.3 Å². The third-order valence-corrected chi connectivity index (χ3v) is 8.40. The lowest BCUT2D eigenvalue weighted by atomic mass is 9.92. The minimum absolute atomic E-state index is 0.00771. The van der Waals surface area contributed by atoms with Gasteiger partial charge >= 0.3 is 6.03 Å². The Labute approximate surface area is 261 Å². The van der Waals surface area contributed by atoms with E-state index in [2.05, 4.69) is 46.3 Å². The van der Waals surface area contributed by atoms with Gasteiger partial charge in [-0.05, 0) is 31.2 Å². The fourth-order valence-electron chi connectivity index (χ4n) is 5.13. The first-order chi connectivity index (χ1) is 21.2. The predicted octanol–water partition coefficient (Wildman–Crippen LogP) is 6.58. The number of aryl methyl sites for hydroxylation is 1. The van der Waals surface area contributed by atoms with Crippen molar-refractivity contribution in [3.05, 3.63) is 88.8 Å². The van der Waals surface area contributed by atoms with Gasteiger partial charge in [0.05, 0.1) is 29.9 Å². The van der Waals surface area contributed by atoms with Gasteiger partial charge in [-0.3, -0.25) is 15.2 Å². The van der Waals surface area contributed by atoms with Crippen molar-refractivity contribution in [1.82, 2.24) is 24.6 Å². The summed E-state index contributed by atoms with van der Waals surface area (Å²) in [6.07, 6.45) is 3.58. The van der Waals surface area contributed by atoms with Gasteiger partial charge in [-0.15, -0.1) is 11.3 Å². The highest BCUT2D eigenvalue weighted by molar-refractivity contribution is 7.09. The first-order valence-electron chi connectivity index (χ1n) is 14.7. The molecule has 1 aliphatic rings. The van der Waals surface area contributed by atoms with Crippen LogP contribution in [0.3, 0.4) is 0 Å². The second kappa shape index (κ2) is 12.7. The number of aromatic nitrogens is 4. The summed E-state index contributed by atoms with van der Waals surface area (Å²) in [5.41, 5.74) is 3.02. The van der Waals surface area contributed by atoms with Crippen LogP contribution in [0, 0.1) is 6.92 Å². The maximum absolute atomic E-state index is 13.3. The number of nitrogens with one attached hydrogen (secondary N) is 2. The first kappa shape index (κ1) is 29.7. The van der Waals surface area contributed by atoms with Crippen LogP contribution in [0.25, 0.3) is 16.5 Å². The van der Waals surface area contributed by atoms with Crippen LogP contribution in [0.15, 0.2) is 72.4 Å². The van der Waals surface area contributed by atoms with Gasteiger partial charge in [0.15, 0.2) is 0 Å². The highest BCUT2D eigenvalue weighted by atomic mass is 32.1. The molecule has 44 heavy (non-hydrogen) atoms. The number of carbonyl (C=O) groups is 1.